The Morgan fingerprint density at radius 3 is 1.29 bits per heavy atom. The number of hydrogen-bond donors (Lipinski definition) is 0. The lowest BCUT2D eigenvalue weighted by molar-refractivity contribution is 0.368. The second kappa shape index (κ2) is 9.76. The van der Waals surface area contributed by atoms with Crippen LogP contribution in [0.1, 0.15) is 78.4 Å². The highest BCUT2D eigenvalue weighted by atomic mass is 14.7. The van der Waals surface area contributed by atoms with Crippen molar-refractivity contribution >= 4 is 12.4 Å². The predicted molar refractivity (Wildman–Crippen MR) is 109 cm³/mol. The highest BCUT2D eigenvalue weighted by Crippen LogP contribution is 2.20. The molecule has 0 saturated heterocycles. The Morgan fingerprint density at radius 2 is 1.00 bits per heavy atom. The van der Waals surface area contributed by atoms with Gasteiger partial charge in [-0.05, 0) is 47.6 Å². The van der Waals surface area contributed by atoms with E-state index >= 15 is 0 Å². The molecule has 0 amide bonds. The van der Waals surface area contributed by atoms with E-state index in [2.05, 4.69) is 75.8 Å². The molecule has 0 aliphatic heterocycles. The maximum absolute atomic E-state index is 4.53. The van der Waals surface area contributed by atoms with Gasteiger partial charge in [0, 0.05) is 25.5 Å². The number of benzene rings is 1. The van der Waals surface area contributed by atoms with E-state index < -0.39 is 0 Å². The lowest BCUT2D eigenvalue weighted by atomic mass is 9.91. The molecule has 0 aliphatic carbocycles. The first-order valence-corrected chi connectivity index (χ1v) is 9.25. The molecule has 0 heterocycles. The van der Waals surface area contributed by atoms with Crippen LogP contribution >= 0.6 is 0 Å². The summed E-state index contributed by atoms with van der Waals surface area (Å²) in [6.45, 7) is 15.5. The van der Waals surface area contributed by atoms with Crippen LogP contribution in [0.5, 0.6) is 0 Å². The highest BCUT2D eigenvalue weighted by molar-refractivity contribution is 5.84. The molecule has 24 heavy (non-hydrogen) atoms. The van der Waals surface area contributed by atoms with Gasteiger partial charge in [0.15, 0.2) is 0 Å². The van der Waals surface area contributed by atoms with Crippen molar-refractivity contribution in [2.45, 2.75) is 67.2 Å². The zero-order chi connectivity index (χ0) is 18.1. The summed E-state index contributed by atoms with van der Waals surface area (Å²) < 4.78 is 0. The minimum Gasteiger partial charge on any atom is -0.293 e. The van der Waals surface area contributed by atoms with Crippen molar-refractivity contribution in [3.8, 4) is 0 Å². The summed E-state index contributed by atoms with van der Waals surface area (Å²) in [4.78, 5) is 9.05. The summed E-state index contributed by atoms with van der Waals surface area (Å²) in [5.74, 6) is 0. The molecule has 0 saturated carbocycles. The number of aliphatic imine (C=N–C) groups is 2. The third-order valence-corrected chi connectivity index (χ3v) is 3.85. The molecule has 0 N–H and O–H groups in total. The SMILES string of the molecule is CC(C)(C)CCCN=Cc1ccc(C=NCCCC(C)(C)C)cc1. The monoisotopic (exact) mass is 328 g/mol. The zero-order valence-corrected chi connectivity index (χ0v) is 16.6. The largest absolute Gasteiger partial charge is 0.293 e. The van der Waals surface area contributed by atoms with E-state index in [1.807, 2.05) is 12.4 Å². The molecule has 0 fully saturated rings. The van der Waals surface area contributed by atoms with Crippen LogP contribution in [-0.2, 0) is 0 Å². The van der Waals surface area contributed by atoms with Crippen molar-refractivity contribution < 1.29 is 0 Å². The summed E-state index contributed by atoms with van der Waals surface area (Å²) in [7, 11) is 0. The van der Waals surface area contributed by atoms with Crippen molar-refractivity contribution in [2.75, 3.05) is 13.1 Å². The maximum Gasteiger partial charge on any atom is 0.0389 e. The van der Waals surface area contributed by atoms with E-state index in [-0.39, 0.29) is 0 Å². The van der Waals surface area contributed by atoms with E-state index in [4.69, 9.17) is 0 Å². The van der Waals surface area contributed by atoms with Gasteiger partial charge in [0.1, 0.15) is 0 Å². The van der Waals surface area contributed by atoms with Crippen molar-refractivity contribution in [1.82, 2.24) is 0 Å². The molecule has 2 heteroatoms. The Kier molecular flexibility index (Phi) is 8.38. The van der Waals surface area contributed by atoms with Crippen LogP contribution in [-0.4, -0.2) is 25.5 Å². The number of rotatable bonds is 8. The topological polar surface area (TPSA) is 24.7 Å². The van der Waals surface area contributed by atoms with E-state index in [9.17, 15) is 0 Å². The van der Waals surface area contributed by atoms with Crippen LogP contribution < -0.4 is 0 Å². The van der Waals surface area contributed by atoms with E-state index in [1.54, 1.807) is 0 Å². The molecule has 2 nitrogen and oxygen atoms in total. The molecular formula is C22H36N2. The molecule has 0 unspecified atom stereocenters. The van der Waals surface area contributed by atoms with Crippen LogP contribution in [0.2, 0.25) is 0 Å². The number of nitrogens with zero attached hydrogens (tertiary/aromatic N) is 2. The summed E-state index contributed by atoms with van der Waals surface area (Å²) in [6.07, 6.45) is 8.70. The fraction of sp³-hybridized carbons (Fsp3) is 0.636. The van der Waals surface area contributed by atoms with Crippen LogP contribution in [0.3, 0.4) is 0 Å². The first kappa shape index (κ1) is 20.6. The molecule has 0 atom stereocenters. The summed E-state index contributed by atoms with van der Waals surface area (Å²) >= 11 is 0. The fourth-order valence-electron chi connectivity index (χ4n) is 2.41. The van der Waals surface area contributed by atoms with Crippen molar-refractivity contribution in [2.24, 2.45) is 20.8 Å². The van der Waals surface area contributed by atoms with Gasteiger partial charge in [0.05, 0.1) is 0 Å². The Balaban J connectivity index is 2.32. The molecule has 134 valence electrons. The quantitative estimate of drug-likeness (QED) is 0.402. The average molecular weight is 329 g/mol. The second-order valence-corrected chi connectivity index (χ2v) is 9.07. The molecule has 1 aromatic rings. The molecule has 0 aromatic heterocycles. The minimum atomic E-state index is 0.406. The smallest absolute Gasteiger partial charge is 0.0389 e. The standard InChI is InChI=1S/C22H36N2/c1-21(2,3)13-7-15-23-17-19-9-11-20(12-10-19)18-24-16-8-14-22(4,5)6/h9-12,17-18H,7-8,13-16H2,1-6H3. The Bertz CT molecular complexity index is 461. The summed E-state index contributed by atoms with van der Waals surface area (Å²) in [5, 5.41) is 0. The maximum atomic E-state index is 4.53. The summed E-state index contributed by atoms with van der Waals surface area (Å²) in [6, 6.07) is 8.46. The van der Waals surface area contributed by atoms with Crippen LogP contribution in [0.25, 0.3) is 0 Å². The van der Waals surface area contributed by atoms with Gasteiger partial charge in [-0.3, -0.25) is 9.98 Å². The van der Waals surface area contributed by atoms with Gasteiger partial charge in [-0.1, -0.05) is 65.8 Å². The van der Waals surface area contributed by atoms with Crippen molar-refractivity contribution in [1.29, 1.82) is 0 Å². The molecule has 0 radical (unpaired) electrons. The average Bonchev–Trinajstić information content (AvgIpc) is 2.45. The predicted octanol–water partition coefficient (Wildman–Crippen LogP) is 6.18. The van der Waals surface area contributed by atoms with E-state index in [0.29, 0.717) is 10.8 Å². The Hall–Kier alpha value is -1.44. The molecule has 1 aromatic carbocycles. The second-order valence-electron chi connectivity index (χ2n) is 9.07. The molecule has 0 bridgehead atoms. The highest BCUT2D eigenvalue weighted by Gasteiger charge is 2.08. The van der Waals surface area contributed by atoms with E-state index in [0.717, 1.165) is 37.1 Å². The molecule has 1 rings (SSSR count). The van der Waals surface area contributed by atoms with Crippen molar-refractivity contribution in [3.63, 3.8) is 0 Å². The van der Waals surface area contributed by atoms with Gasteiger partial charge in [0.2, 0.25) is 0 Å². The molecule has 0 aliphatic rings. The van der Waals surface area contributed by atoms with Crippen LogP contribution in [0.15, 0.2) is 34.3 Å². The van der Waals surface area contributed by atoms with Crippen molar-refractivity contribution in [3.05, 3.63) is 35.4 Å². The van der Waals surface area contributed by atoms with Crippen LogP contribution in [0.4, 0.5) is 0 Å². The number of hydrogen-bond acceptors (Lipinski definition) is 2. The van der Waals surface area contributed by atoms with Gasteiger partial charge in [-0.2, -0.15) is 0 Å². The lowest BCUT2D eigenvalue weighted by Crippen LogP contribution is -2.05. The Labute approximate surface area is 149 Å². The first-order valence-electron chi connectivity index (χ1n) is 9.25. The van der Waals surface area contributed by atoms with Gasteiger partial charge in [-0.15, -0.1) is 0 Å². The van der Waals surface area contributed by atoms with Gasteiger partial charge in [-0.25, -0.2) is 0 Å². The van der Waals surface area contributed by atoms with Gasteiger partial charge < -0.3 is 0 Å². The third kappa shape index (κ3) is 11.2. The zero-order valence-electron chi connectivity index (χ0n) is 16.6. The molecular weight excluding hydrogens is 292 g/mol. The Morgan fingerprint density at radius 1 is 0.667 bits per heavy atom. The van der Waals surface area contributed by atoms with E-state index in [1.165, 1.54) is 12.8 Å². The molecule has 0 spiro atoms. The minimum absolute atomic E-state index is 0.406. The third-order valence-electron chi connectivity index (χ3n) is 3.85. The normalized spacial score (nSPS) is 13.2. The van der Waals surface area contributed by atoms with Crippen LogP contribution in [0, 0.1) is 10.8 Å². The van der Waals surface area contributed by atoms with Gasteiger partial charge >= 0.3 is 0 Å². The van der Waals surface area contributed by atoms with Gasteiger partial charge in [0.25, 0.3) is 0 Å². The fourth-order valence-corrected chi connectivity index (χ4v) is 2.41. The summed E-state index contributed by atoms with van der Waals surface area (Å²) in [5.41, 5.74) is 3.14. The first-order chi connectivity index (χ1) is 11.2. The lowest BCUT2D eigenvalue weighted by Gasteiger charge is -2.16.